The molecule has 0 spiro atoms. The molecule has 1 rings (SSSR count). The van der Waals surface area contributed by atoms with Crippen LogP contribution in [-0.2, 0) is 4.79 Å². The van der Waals surface area contributed by atoms with Crippen LogP contribution in [0.15, 0.2) is 24.3 Å². The molecule has 1 aromatic rings. The highest BCUT2D eigenvalue weighted by Gasteiger charge is 1.97. The van der Waals surface area contributed by atoms with Crippen LogP contribution in [0.2, 0.25) is 0 Å². The molecule has 68 valence electrons. The third kappa shape index (κ3) is 2.33. The number of nitrogen functional groups attached to an aromatic ring is 1. The number of anilines is 1. The summed E-state index contributed by atoms with van der Waals surface area (Å²) in [5, 5.41) is 8.41. The van der Waals surface area contributed by atoms with Gasteiger partial charge in [0.05, 0.1) is 0 Å². The number of hydrogen-bond donors (Lipinski definition) is 2. The van der Waals surface area contributed by atoms with E-state index in [0.29, 0.717) is 5.69 Å². The van der Waals surface area contributed by atoms with Crippen LogP contribution in [0.3, 0.4) is 0 Å². The van der Waals surface area contributed by atoms with Gasteiger partial charge in [0.15, 0.2) is 0 Å². The van der Waals surface area contributed by atoms with Crippen LogP contribution < -0.4 is 5.73 Å². The van der Waals surface area contributed by atoms with Crippen molar-refractivity contribution in [1.29, 1.82) is 0 Å². The molecule has 0 heterocycles. The monoisotopic (exact) mass is 177 g/mol. The Balaban J connectivity index is 3.02. The third-order valence-electron chi connectivity index (χ3n) is 1.76. The second-order valence-electron chi connectivity index (χ2n) is 2.75. The fourth-order valence-corrected chi connectivity index (χ4v) is 1.01. The van der Waals surface area contributed by atoms with Crippen LogP contribution in [-0.4, -0.2) is 11.1 Å². The molecule has 3 N–H and O–H groups in total. The van der Waals surface area contributed by atoms with Crippen molar-refractivity contribution >= 4 is 17.7 Å². The van der Waals surface area contributed by atoms with Crippen molar-refractivity contribution in [2.75, 3.05) is 5.73 Å². The van der Waals surface area contributed by atoms with E-state index in [0.717, 1.165) is 17.2 Å². The van der Waals surface area contributed by atoms with Gasteiger partial charge >= 0.3 is 5.97 Å². The normalized spacial score (nSPS) is 10.5. The molecular formula is C10H11NO2. The van der Waals surface area contributed by atoms with Crippen molar-refractivity contribution in [3.8, 4) is 0 Å². The van der Waals surface area contributed by atoms with Gasteiger partial charge in [0.1, 0.15) is 0 Å². The molecule has 0 unspecified atom stereocenters. The summed E-state index contributed by atoms with van der Waals surface area (Å²) < 4.78 is 0. The summed E-state index contributed by atoms with van der Waals surface area (Å²) in [7, 11) is 0. The molecule has 1 aromatic carbocycles. The molecule has 3 heteroatoms. The Labute approximate surface area is 76.5 Å². The predicted octanol–water partition coefficient (Wildman–Crippen LogP) is 1.68. The second-order valence-corrected chi connectivity index (χ2v) is 2.75. The van der Waals surface area contributed by atoms with E-state index < -0.39 is 5.97 Å². The number of carbonyl (C=O) groups is 1. The summed E-state index contributed by atoms with van der Waals surface area (Å²) in [6.45, 7) is 1.88. The molecule has 0 amide bonds. The smallest absolute Gasteiger partial charge is 0.328 e. The Morgan fingerprint density at radius 1 is 1.54 bits per heavy atom. The van der Waals surface area contributed by atoms with E-state index in [1.165, 1.54) is 6.08 Å². The van der Waals surface area contributed by atoms with Crippen molar-refractivity contribution in [2.24, 2.45) is 0 Å². The van der Waals surface area contributed by atoms with Gasteiger partial charge in [-0.2, -0.15) is 0 Å². The molecule has 3 nitrogen and oxygen atoms in total. The topological polar surface area (TPSA) is 63.3 Å². The van der Waals surface area contributed by atoms with Crippen LogP contribution in [0.1, 0.15) is 11.1 Å². The summed E-state index contributed by atoms with van der Waals surface area (Å²) in [4.78, 5) is 10.2. The Morgan fingerprint density at radius 3 is 2.85 bits per heavy atom. The highest BCUT2D eigenvalue weighted by molar-refractivity contribution is 5.86. The number of nitrogens with two attached hydrogens (primary N) is 1. The molecule has 0 fully saturated rings. The first-order valence-corrected chi connectivity index (χ1v) is 3.87. The number of carboxylic acids is 1. The minimum Gasteiger partial charge on any atom is -0.478 e. The lowest BCUT2D eigenvalue weighted by molar-refractivity contribution is -0.131. The fraction of sp³-hybridized carbons (Fsp3) is 0.100. The van der Waals surface area contributed by atoms with Gasteiger partial charge in [-0.3, -0.25) is 0 Å². The van der Waals surface area contributed by atoms with Crippen molar-refractivity contribution in [3.05, 3.63) is 35.4 Å². The zero-order chi connectivity index (χ0) is 9.84. The number of hydrogen-bond acceptors (Lipinski definition) is 2. The molecule has 0 aliphatic rings. The second kappa shape index (κ2) is 3.76. The van der Waals surface area contributed by atoms with Crippen LogP contribution in [0.4, 0.5) is 5.69 Å². The molecule has 0 aliphatic heterocycles. The van der Waals surface area contributed by atoms with E-state index in [2.05, 4.69) is 0 Å². The van der Waals surface area contributed by atoms with E-state index in [1.807, 2.05) is 19.1 Å². The van der Waals surface area contributed by atoms with Gasteiger partial charge in [0.25, 0.3) is 0 Å². The van der Waals surface area contributed by atoms with Crippen LogP contribution in [0, 0.1) is 6.92 Å². The number of carboxylic acid groups (broad SMARTS) is 1. The van der Waals surface area contributed by atoms with Gasteiger partial charge in [-0.15, -0.1) is 0 Å². The van der Waals surface area contributed by atoms with Crippen molar-refractivity contribution in [1.82, 2.24) is 0 Å². The van der Waals surface area contributed by atoms with Gasteiger partial charge < -0.3 is 10.8 Å². The number of aryl methyl sites for hydroxylation is 1. The van der Waals surface area contributed by atoms with Gasteiger partial charge in [0.2, 0.25) is 0 Å². The Bertz CT molecular complexity index is 356. The van der Waals surface area contributed by atoms with Gasteiger partial charge in [-0.25, -0.2) is 4.79 Å². The maximum Gasteiger partial charge on any atom is 0.328 e. The molecule has 0 atom stereocenters. The van der Waals surface area contributed by atoms with E-state index >= 15 is 0 Å². The Hall–Kier alpha value is -1.77. The summed E-state index contributed by atoms with van der Waals surface area (Å²) in [5.74, 6) is -0.971. The molecule has 0 saturated heterocycles. The lowest BCUT2D eigenvalue weighted by Crippen LogP contribution is -1.93. The Morgan fingerprint density at radius 2 is 2.23 bits per heavy atom. The van der Waals surface area contributed by atoms with Crippen LogP contribution in [0.25, 0.3) is 6.08 Å². The van der Waals surface area contributed by atoms with Crippen LogP contribution >= 0.6 is 0 Å². The first kappa shape index (κ1) is 9.32. The summed E-state index contributed by atoms with van der Waals surface area (Å²) in [6.07, 6.45) is 2.57. The molecule has 0 aliphatic carbocycles. The quantitative estimate of drug-likeness (QED) is 0.533. The SMILES string of the molecule is Cc1cccc(/C=C/C(=O)O)c1N. The third-order valence-corrected chi connectivity index (χ3v) is 1.76. The number of para-hydroxylation sites is 1. The molecule has 0 radical (unpaired) electrons. The molecule has 0 bridgehead atoms. The van der Waals surface area contributed by atoms with Crippen molar-refractivity contribution < 1.29 is 9.90 Å². The zero-order valence-corrected chi connectivity index (χ0v) is 7.32. The van der Waals surface area contributed by atoms with Gasteiger partial charge in [-0.05, 0) is 24.1 Å². The fourth-order valence-electron chi connectivity index (χ4n) is 1.01. The molecular weight excluding hydrogens is 166 g/mol. The lowest BCUT2D eigenvalue weighted by atomic mass is 10.1. The average molecular weight is 177 g/mol. The lowest BCUT2D eigenvalue weighted by Gasteiger charge is -2.02. The van der Waals surface area contributed by atoms with E-state index in [9.17, 15) is 4.79 Å². The summed E-state index contributed by atoms with van der Waals surface area (Å²) >= 11 is 0. The minimum absolute atomic E-state index is 0.625. The van der Waals surface area contributed by atoms with Crippen molar-refractivity contribution in [3.63, 3.8) is 0 Å². The first-order valence-electron chi connectivity index (χ1n) is 3.87. The van der Waals surface area contributed by atoms with E-state index in [1.54, 1.807) is 6.07 Å². The number of benzene rings is 1. The highest BCUT2D eigenvalue weighted by atomic mass is 16.4. The van der Waals surface area contributed by atoms with Crippen molar-refractivity contribution in [2.45, 2.75) is 6.92 Å². The van der Waals surface area contributed by atoms with Crippen LogP contribution in [0.5, 0.6) is 0 Å². The van der Waals surface area contributed by atoms with Gasteiger partial charge in [0, 0.05) is 11.8 Å². The minimum atomic E-state index is -0.971. The van der Waals surface area contributed by atoms with E-state index in [-0.39, 0.29) is 0 Å². The standard InChI is InChI=1S/C10H11NO2/c1-7-3-2-4-8(10(7)11)5-6-9(12)13/h2-6H,11H2,1H3,(H,12,13)/b6-5+. The molecule has 13 heavy (non-hydrogen) atoms. The maximum absolute atomic E-state index is 10.2. The largest absolute Gasteiger partial charge is 0.478 e. The highest BCUT2D eigenvalue weighted by Crippen LogP contribution is 2.17. The van der Waals surface area contributed by atoms with Gasteiger partial charge in [-0.1, -0.05) is 18.2 Å². The van der Waals surface area contributed by atoms with E-state index in [4.69, 9.17) is 10.8 Å². The predicted molar refractivity (Wildman–Crippen MR) is 52.3 cm³/mol. The number of rotatable bonds is 2. The number of aliphatic carboxylic acids is 1. The first-order chi connectivity index (χ1) is 6.11. The summed E-state index contributed by atoms with van der Waals surface area (Å²) in [5.41, 5.74) is 8.04. The summed E-state index contributed by atoms with van der Waals surface area (Å²) in [6, 6.07) is 5.50. The maximum atomic E-state index is 10.2. The molecule has 0 saturated carbocycles. The zero-order valence-electron chi connectivity index (χ0n) is 7.32. The molecule has 0 aromatic heterocycles. The Kier molecular flexibility index (Phi) is 2.69. The average Bonchev–Trinajstić information content (AvgIpc) is 2.07.